The first-order valence-corrected chi connectivity index (χ1v) is 10.8. The second-order valence-corrected chi connectivity index (χ2v) is 8.22. The van der Waals surface area contributed by atoms with Gasteiger partial charge in [-0.15, -0.1) is 0 Å². The molecule has 0 saturated carbocycles. The first-order valence-electron chi connectivity index (χ1n) is 10.8. The molecule has 0 spiro atoms. The predicted molar refractivity (Wildman–Crippen MR) is 123 cm³/mol. The Balaban J connectivity index is 1.99. The number of methoxy groups -OCH3 is 1. The molecule has 2 aromatic carbocycles. The van der Waals surface area contributed by atoms with Crippen molar-refractivity contribution in [3.63, 3.8) is 0 Å². The SMILES string of the molecule is COCCN(Cc1c(-c2ccccc2)nn(C)c1Oc1ccc(F)cc1)CC(O)C(C)C. The van der Waals surface area contributed by atoms with Gasteiger partial charge in [0.05, 0.1) is 18.3 Å². The van der Waals surface area contributed by atoms with Crippen molar-refractivity contribution in [2.75, 3.05) is 26.8 Å². The molecule has 7 heteroatoms. The Labute approximate surface area is 189 Å². The van der Waals surface area contributed by atoms with Gasteiger partial charge in [0.25, 0.3) is 0 Å². The molecule has 0 aliphatic heterocycles. The van der Waals surface area contributed by atoms with Crippen LogP contribution >= 0.6 is 0 Å². The van der Waals surface area contributed by atoms with Gasteiger partial charge in [-0.05, 0) is 30.2 Å². The molecule has 0 bridgehead atoms. The van der Waals surface area contributed by atoms with Crippen LogP contribution in [0.5, 0.6) is 11.6 Å². The van der Waals surface area contributed by atoms with E-state index in [0.29, 0.717) is 37.9 Å². The molecule has 0 aliphatic carbocycles. The summed E-state index contributed by atoms with van der Waals surface area (Å²) in [5, 5.41) is 15.3. The summed E-state index contributed by atoms with van der Waals surface area (Å²) in [6, 6.07) is 15.9. The van der Waals surface area contributed by atoms with Gasteiger partial charge in [0.1, 0.15) is 17.3 Å². The van der Waals surface area contributed by atoms with Crippen LogP contribution in [0.2, 0.25) is 0 Å². The first kappa shape index (κ1) is 23.9. The Hall–Kier alpha value is -2.74. The molecule has 0 aliphatic rings. The highest BCUT2D eigenvalue weighted by molar-refractivity contribution is 5.65. The Bertz CT molecular complexity index is 974. The Morgan fingerprint density at radius 3 is 2.41 bits per heavy atom. The van der Waals surface area contributed by atoms with Gasteiger partial charge >= 0.3 is 0 Å². The lowest BCUT2D eigenvalue weighted by Crippen LogP contribution is -2.36. The number of ether oxygens (including phenoxy) is 2. The van der Waals surface area contributed by atoms with Gasteiger partial charge in [0.2, 0.25) is 5.88 Å². The lowest BCUT2D eigenvalue weighted by Gasteiger charge is -2.27. The summed E-state index contributed by atoms with van der Waals surface area (Å²) in [5.74, 6) is 0.927. The molecule has 1 atom stereocenters. The van der Waals surface area contributed by atoms with Crippen LogP contribution in [0.3, 0.4) is 0 Å². The zero-order chi connectivity index (χ0) is 23.1. The van der Waals surface area contributed by atoms with E-state index >= 15 is 0 Å². The van der Waals surface area contributed by atoms with Crippen LogP contribution in [0.15, 0.2) is 54.6 Å². The van der Waals surface area contributed by atoms with E-state index in [1.807, 2.05) is 51.2 Å². The van der Waals surface area contributed by atoms with E-state index in [2.05, 4.69) is 4.90 Å². The van der Waals surface area contributed by atoms with Crippen molar-refractivity contribution in [2.45, 2.75) is 26.5 Å². The number of aryl methyl sites for hydroxylation is 1. The molecule has 0 fully saturated rings. The van der Waals surface area contributed by atoms with Gasteiger partial charge in [-0.1, -0.05) is 44.2 Å². The largest absolute Gasteiger partial charge is 0.439 e. The van der Waals surface area contributed by atoms with E-state index in [4.69, 9.17) is 14.6 Å². The van der Waals surface area contributed by atoms with E-state index in [-0.39, 0.29) is 11.7 Å². The van der Waals surface area contributed by atoms with Gasteiger partial charge in [-0.3, -0.25) is 4.90 Å². The molecule has 1 aromatic heterocycles. The molecule has 1 heterocycles. The summed E-state index contributed by atoms with van der Waals surface area (Å²) in [6.45, 7) is 6.21. The maximum atomic E-state index is 13.4. The highest BCUT2D eigenvalue weighted by atomic mass is 19.1. The molecule has 1 unspecified atom stereocenters. The average molecular weight is 442 g/mol. The second-order valence-electron chi connectivity index (χ2n) is 8.22. The molecule has 0 radical (unpaired) electrons. The highest BCUT2D eigenvalue weighted by Crippen LogP contribution is 2.34. The van der Waals surface area contributed by atoms with E-state index < -0.39 is 6.10 Å². The number of halogens is 1. The zero-order valence-corrected chi connectivity index (χ0v) is 19.2. The number of aliphatic hydroxyl groups excluding tert-OH is 1. The van der Waals surface area contributed by atoms with Crippen molar-refractivity contribution in [3.8, 4) is 22.9 Å². The number of hydrogen-bond acceptors (Lipinski definition) is 5. The third-order valence-corrected chi connectivity index (χ3v) is 5.37. The fourth-order valence-electron chi connectivity index (χ4n) is 3.42. The Kier molecular flexibility index (Phi) is 8.39. The van der Waals surface area contributed by atoms with Gasteiger partial charge in [0.15, 0.2) is 0 Å². The van der Waals surface area contributed by atoms with Crippen LogP contribution in [-0.4, -0.2) is 52.7 Å². The average Bonchev–Trinajstić information content (AvgIpc) is 3.09. The van der Waals surface area contributed by atoms with E-state index in [1.54, 1.807) is 23.9 Å². The number of benzene rings is 2. The van der Waals surface area contributed by atoms with Crippen LogP contribution in [0, 0.1) is 11.7 Å². The lowest BCUT2D eigenvalue weighted by molar-refractivity contribution is 0.0589. The Morgan fingerprint density at radius 2 is 1.78 bits per heavy atom. The monoisotopic (exact) mass is 441 g/mol. The molecule has 3 rings (SSSR count). The quantitative estimate of drug-likeness (QED) is 0.475. The molecular weight excluding hydrogens is 409 g/mol. The van der Waals surface area contributed by atoms with E-state index in [1.165, 1.54) is 12.1 Å². The van der Waals surface area contributed by atoms with Gasteiger partial charge in [-0.2, -0.15) is 5.10 Å². The lowest BCUT2D eigenvalue weighted by atomic mass is 10.1. The van der Waals surface area contributed by atoms with Crippen molar-refractivity contribution in [1.29, 1.82) is 0 Å². The predicted octanol–water partition coefficient (Wildman–Crippen LogP) is 4.48. The maximum absolute atomic E-state index is 13.4. The molecule has 1 N–H and O–H groups in total. The summed E-state index contributed by atoms with van der Waals surface area (Å²) in [7, 11) is 3.50. The van der Waals surface area contributed by atoms with E-state index in [9.17, 15) is 9.50 Å². The van der Waals surface area contributed by atoms with Gasteiger partial charge in [-0.25, -0.2) is 9.07 Å². The smallest absolute Gasteiger partial charge is 0.222 e. The van der Waals surface area contributed by atoms with Crippen LogP contribution in [0.4, 0.5) is 4.39 Å². The molecule has 172 valence electrons. The third kappa shape index (κ3) is 6.16. The first-order chi connectivity index (χ1) is 15.4. The number of hydrogen-bond donors (Lipinski definition) is 1. The highest BCUT2D eigenvalue weighted by Gasteiger charge is 2.24. The zero-order valence-electron chi connectivity index (χ0n) is 19.2. The second kappa shape index (κ2) is 11.2. The summed E-state index contributed by atoms with van der Waals surface area (Å²) in [4.78, 5) is 2.15. The minimum Gasteiger partial charge on any atom is -0.439 e. The maximum Gasteiger partial charge on any atom is 0.222 e. The van der Waals surface area contributed by atoms with Crippen molar-refractivity contribution in [3.05, 3.63) is 66.0 Å². The standard InChI is InChI=1S/C25H32FN3O3/c1-18(2)23(30)17-29(14-15-31-4)16-22-24(19-8-6-5-7-9-19)27-28(3)25(22)32-21-12-10-20(26)11-13-21/h5-13,18,23,30H,14-17H2,1-4H3. The van der Waals surface area contributed by atoms with Crippen molar-refractivity contribution in [1.82, 2.24) is 14.7 Å². The van der Waals surface area contributed by atoms with Gasteiger partial charge in [0, 0.05) is 39.4 Å². The van der Waals surface area contributed by atoms with Crippen LogP contribution in [-0.2, 0) is 18.3 Å². The van der Waals surface area contributed by atoms with Crippen molar-refractivity contribution < 1.29 is 19.0 Å². The van der Waals surface area contributed by atoms with Crippen LogP contribution in [0.1, 0.15) is 19.4 Å². The van der Waals surface area contributed by atoms with Crippen LogP contribution < -0.4 is 4.74 Å². The normalized spacial score (nSPS) is 12.5. The minimum absolute atomic E-state index is 0.137. The molecule has 3 aromatic rings. The fraction of sp³-hybridized carbons (Fsp3) is 0.400. The minimum atomic E-state index is -0.467. The van der Waals surface area contributed by atoms with Crippen LogP contribution in [0.25, 0.3) is 11.3 Å². The molecule has 6 nitrogen and oxygen atoms in total. The summed E-state index contributed by atoms with van der Waals surface area (Å²) in [5.41, 5.74) is 2.69. The fourth-order valence-corrected chi connectivity index (χ4v) is 3.42. The van der Waals surface area contributed by atoms with Gasteiger partial charge < -0.3 is 14.6 Å². The molecule has 0 saturated heterocycles. The Morgan fingerprint density at radius 1 is 1.09 bits per heavy atom. The topological polar surface area (TPSA) is 59.8 Å². The number of aliphatic hydroxyl groups is 1. The van der Waals surface area contributed by atoms with E-state index in [0.717, 1.165) is 16.8 Å². The van der Waals surface area contributed by atoms with Crippen molar-refractivity contribution in [2.24, 2.45) is 13.0 Å². The number of rotatable bonds is 11. The third-order valence-electron chi connectivity index (χ3n) is 5.37. The summed E-state index contributed by atoms with van der Waals surface area (Å²) < 4.78 is 26.5. The summed E-state index contributed by atoms with van der Waals surface area (Å²) >= 11 is 0. The summed E-state index contributed by atoms with van der Waals surface area (Å²) in [6.07, 6.45) is -0.467. The molecule has 32 heavy (non-hydrogen) atoms. The number of nitrogens with zero attached hydrogens (tertiary/aromatic N) is 3. The molecular formula is C25H32FN3O3. The number of aromatic nitrogens is 2. The molecule has 0 amide bonds. The van der Waals surface area contributed by atoms with Crippen molar-refractivity contribution >= 4 is 0 Å².